The molecule has 3 N–H and O–H groups in total. The lowest BCUT2D eigenvalue weighted by molar-refractivity contribution is -0.158. The summed E-state index contributed by atoms with van der Waals surface area (Å²) < 4.78 is 12.9. The van der Waals surface area contributed by atoms with Crippen LogP contribution in [0.5, 0.6) is 0 Å². The summed E-state index contributed by atoms with van der Waals surface area (Å²) in [5.74, 6) is -0.678. The lowest BCUT2D eigenvalue weighted by Gasteiger charge is -2.27. The molecule has 0 saturated carbocycles. The zero-order valence-corrected chi connectivity index (χ0v) is 22.1. The van der Waals surface area contributed by atoms with E-state index in [0.717, 1.165) is 24.2 Å². The van der Waals surface area contributed by atoms with Crippen LogP contribution in [0.25, 0.3) is 11.3 Å². The van der Waals surface area contributed by atoms with Crippen LogP contribution in [-0.4, -0.2) is 45.1 Å². The Morgan fingerprint density at radius 1 is 1.06 bits per heavy atom. The molecule has 1 aliphatic heterocycles. The third-order valence-corrected chi connectivity index (χ3v) is 5.63. The van der Waals surface area contributed by atoms with E-state index in [4.69, 9.17) is 20.2 Å². The molecule has 2 heterocycles. The molecule has 1 aromatic carbocycles. The zero-order valence-electron chi connectivity index (χ0n) is 22.1. The number of nitrogens with zero attached hydrogens (tertiary/aromatic N) is 2. The first-order valence-electron chi connectivity index (χ1n) is 12.4. The molecule has 2 aromatic rings. The number of hydrogen-bond donors (Lipinski definition) is 2. The van der Waals surface area contributed by atoms with Crippen LogP contribution in [0.2, 0.25) is 0 Å². The number of benzene rings is 1. The number of carbonyl (C=O) groups excluding carboxylic acids is 3. The molecule has 0 saturated heterocycles. The van der Waals surface area contributed by atoms with Gasteiger partial charge in [-0.1, -0.05) is 12.1 Å². The molecular formula is C27H38N4O5. The monoisotopic (exact) mass is 498 g/mol. The van der Waals surface area contributed by atoms with E-state index in [-0.39, 0.29) is 37.4 Å². The van der Waals surface area contributed by atoms with Gasteiger partial charge < -0.3 is 25.1 Å². The number of nitrogens with one attached hydrogen (secondary N) is 1. The van der Waals surface area contributed by atoms with Gasteiger partial charge in [-0.05, 0) is 66.5 Å². The molecule has 1 atom stereocenters. The van der Waals surface area contributed by atoms with E-state index in [1.807, 2.05) is 37.5 Å². The van der Waals surface area contributed by atoms with Crippen molar-refractivity contribution >= 4 is 17.8 Å². The first kappa shape index (κ1) is 27.4. The summed E-state index contributed by atoms with van der Waals surface area (Å²) in [6.45, 7) is 12.2. The minimum Gasteiger partial charge on any atom is -0.460 e. The van der Waals surface area contributed by atoms with E-state index in [1.165, 1.54) is 0 Å². The first-order valence-corrected chi connectivity index (χ1v) is 12.4. The van der Waals surface area contributed by atoms with Gasteiger partial charge in [-0.25, -0.2) is 4.98 Å². The molecule has 0 bridgehead atoms. The average molecular weight is 499 g/mol. The normalized spacial score (nSPS) is 15.7. The number of amides is 1. The Hall–Kier alpha value is -3.20. The van der Waals surface area contributed by atoms with Crippen molar-refractivity contribution in [2.24, 2.45) is 5.73 Å². The highest BCUT2D eigenvalue weighted by molar-refractivity contribution is 5.94. The molecule has 36 heavy (non-hydrogen) atoms. The van der Waals surface area contributed by atoms with E-state index in [9.17, 15) is 14.4 Å². The van der Waals surface area contributed by atoms with Crippen LogP contribution in [0.3, 0.4) is 0 Å². The summed E-state index contributed by atoms with van der Waals surface area (Å²) in [4.78, 5) is 42.0. The number of nitrogens with two attached hydrogens (primary N) is 1. The van der Waals surface area contributed by atoms with Crippen LogP contribution < -0.4 is 11.1 Å². The second-order valence-electron chi connectivity index (χ2n) is 11.0. The number of aromatic nitrogens is 2. The molecule has 3 rings (SSSR count). The molecule has 0 radical (unpaired) electrons. The number of imidazole rings is 1. The van der Waals surface area contributed by atoms with Gasteiger partial charge in [0, 0.05) is 30.8 Å². The summed E-state index contributed by atoms with van der Waals surface area (Å²) in [6, 6.07) is 7.06. The maximum absolute atomic E-state index is 12.9. The maximum atomic E-state index is 12.9. The van der Waals surface area contributed by atoms with Crippen molar-refractivity contribution in [3.05, 3.63) is 41.3 Å². The predicted molar refractivity (Wildman–Crippen MR) is 136 cm³/mol. The minimum absolute atomic E-state index is 0.0972. The maximum Gasteiger partial charge on any atom is 0.317 e. The second kappa shape index (κ2) is 10.8. The molecule has 0 spiro atoms. The highest BCUT2D eigenvalue weighted by Crippen LogP contribution is 2.34. The summed E-state index contributed by atoms with van der Waals surface area (Å²) in [5.41, 5.74) is 7.80. The van der Waals surface area contributed by atoms with Gasteiger partial charge in [0.05, 0.1) is 17.8 Å². The minimum atomic E-state index is -0.575. The Morgan fingerprint density at radius 2 is 1.69 bits per heavy atom. The van der Waals surface area contributed by atoms with Gasteiger partial charge in [-0.3, -0.25) is 14.4 Å². The van der Waals surface area contributed by atoms with Crippen molar-refractivity contribution < 1.29 is 23.9 Å². The van der Waals surface area contributed by atoms with E-state index in [2.05, 4.69) is 5.32 Å². The Labute approximate surface area is 212 Å². The molecule has 0 fully saturated rings. The molecule has 1 amide bonds. The Bertz CT molecular complexity index is 1110. The van der Waals surface area contributed by atoms with Crippen LogP contribution in [0.1, 0.15) is 88.6 Å². The largest absolute Gasteiger partial charge is 0.460 e. The number of esters is 2. The van der Waals surface area contributed by atoms with Crippen LogP contribution in [0.4, 0.5) is 0 Å². The molecule has 0 aliphatic carbocycles. The number of fused-ring (bicyclic) bond motifs is 1. The van der Waals surface area contributed by atoms with Gasteiger partial charge in [0.25, 0.3) is 5.91 Å². The summed E-state index contributed by atoms with van der Waals surface area (Å²) >= 11 is 0. The lowest BCUT2D eigenvalue weighted by atomic mass is 9.98. The third-order valence-electron chi connectivity index (χ3n) is 5.63. The van der Waals surface area contributed by atoms with Gasteiger partial charge in [0.2, 0.25) is 0 Å². The fraction of sp³-hybridized carbons (Fsp3) is 0.556. The van der Waals surface area contributed by atoms with Crippen molar-refractivity contribution in [1.29, 1.82) is 0 Å². The molecule has 9 nitrogen and oxygen atoms in total. The van der Waals surface area contributed by atoms with E-state index in [1.54, 1.807) is 32.9 Å². The molecule has 9 heteroatoms. The van der Waals surface area contributed by atoms with Gasteiger partial charge in [0.1, 0.15) is 22.9 Å². The van der Waals surface area contributed by atoms with Crippen LogP contribution in [0.15, 0.2) is 24.3 Å². The summed E-state index contributed by atoms with van der Waals surface area (Å²) in [7, 11) is 0. The van der Waals surface area contributed by atoms with E-state index in [0.29, 0.717) is 23.5 Å². The summed E-state index contributed by atoms with van der Waals surface area (Å²) in [6.07, 6.45) is 1.61. The molecule has 1 unspecified atom stereocenters. The smallest absolute Gasteiger partial charge is 0.317 e. The SMILES string of the molecule is CC(C)(C)OC(=O)CCNC(=O)c1ccc(-c2nc3n(c2CN)CCCC3C(=O)OC(C)(C)C)cc1. The standard InChI is InChI=1S/C27H38N4O5/c1-26(2,3)35-21(32)13-14-29-24(33)18-11-9-17(10-12-18)22-20(16-28)31-15-7-8-19(23(31)30-22)25(34)36-27(4,5)6/h9-12,19H,7-8,13-16,28H2,1-6H3,(H,29,33). The fourth-order valence-corrected chi connectivity index (χ4v) is 4.19. The number of carbonyl (C=O) groups is 3. The number of hydrogen-bond acceptors (Lipinski definition) is 7. The second-order valence-corrected chi connectivity index (χ2v) is 11.0. The third kappa shape index (κ3) is 6.94. The summed E-state index contributed by atoms with van der Waals surface area (Å²) in [5, 5.41) is 2.74. The van der Waals surface area contributed by atoms with Gasteiger partial charge in [0.15, 0.2) is 0 Å². The Balaban J connectivity index is 1.73. The van der Waals surface area contributed by atoms with E-state index < -0.39 is 17.1 Å². The van der Waals surface area contributed by atoms with Gasteiger partial charge >= 0.3 is 11.9 Å². The first-order chi connectivity index (χ1) is 16.8. The molecule has 1 aromatic heterocycles. The van der Waals surface area contributed by atoms with Crippen LogP contribution in [0, 0.1) is 0 Å². The quantitative estimate of drug-likeness (QED) is 0.558. The zero-order chi connectivity index (χ0) is 26.7. The Morgan fingerprint density at radius 3 is 2.28 bits per heavy atom. The van der Waals surface area contributed by atoms with Crippen LogP contribution >= 0.6 is 0 Å². The fourth-order valence-electron chi connectivity index (χ4n) is 4.19. The van der Waals surface area contributed by atoms with Crippen LogP contribution in [-0.2, 0) is 32.2 Å². The molecule has 1 aliphatic rings. The van der Waals surface area contributed by atoms with Crippen molar-refractivity contribution in [3.8, 4) is 11.3 Å². The molecular weight excluding hydrogens is 460 g/mol. The van der Waals surface area contributed by atoms with E-state index >= 15 is 0 Å². The highest BCUT2D eigenvalue weighted by atomic mass is 16.6. The topological polar surface area (TPSA) is 126 Å². The van der Waals surface area contributed by atoms with Gasteiger partial charge in [-0.15, -0.1) is 0 Å². The van der Waals surface area contributed by atoms with Gasteiger partial charge in [-0.2, -0.15) is 0 Å². The number of ether oxygens (including phenoxy) is 2. The number of rotatable bonds is 7. The molecule has 196 valence electrons. The predicted octanol–water partition coefficient (Wildman–Crippen LogP) is 3.69. The lowest BCUT2D eigenvalue weighted by Crippen LogP contribution is -2.31. The van der Waals surface area contributed by atoms with Crippen molar-refractivity contribution in [2.75, 3.05) is 6.54 Å². The van der Waals surface area contributed by atoms with Crippen molar-refractivity contribution in [2.45, 2.75) is 91.0 Å². The highest BCUT2D eigenvalue weighted by Gasteiger charge is 2.34. The average Bonchev–Trinajstić information content (AvgIpc) is 3.15. The van der Waals surface area contributed by atoms with Crippen molar-refractivity contribution in [1.82, 2.24) is 14.9 Å². The Kier molecular flexibility index (Phi) is 8.23. The van der Waals surface area contributed by atoms with Crippen molar-refractivity contribution in [3.63, 3.8) is 0 Å².